The minimum atomic E-state index is -0.573. The summed E-state index contributed by atoms with van der Waals surface area (Å²) < 4.78 is 10.4. The molecule has 0 radical (unpaired) electrons. The molecule has 0 bridgehead atoms. The van der Waals surface area contributed by atoms with Crippen LogP contribution in [0.25, 0.3) is 6.08 Å². The summed E-state index contributed by atoms with van der Waals surface area (Å²) in [5.74, 6) is -0.206. The fourth-order valence-corrected chi connectivity index (χ4v) is 3.03. The van der Waals surface area contributed by atoms with E-state index in [1.807, 2.05) is 30.3 Å². The van der Waals surface area contributed by atoms with Gasteiger partial charge in [0.1, 0.15) is 12.4 Å². The Morgan fingerprint density at radius 3 is 2.64 bits per heavy atom. The number of hydrogen-bond acceptors (Lipinski definition) is 4. The molecule has 0 unspecified atom stereocenters. The Kier molecular flexibility index (Phi) is 6.63. The highest BCUT2D eigenvalue weighted by Crippen LogP contribution is 2.24. The third-order valence-electron chi connectivity index (χ3n) is 4.39. The summed E-state index contributed by atoms with van der Waals surface area (Å²) in [4.78, 5) is 23.8. The third kappa shape index (κ3) is 5.58. The van der Waals surface area contributed by atoms with Gasteiger partial charge in [0.25, 0.3) is 5.91 Å². The van der Waals surface area contributed by atoms with Crippen LogP contribution in [0.4, 0.5) is 5.69 Å². The number of esters is 1. The van der Waals surface area contributed by atoms with E-state index in [0.29, 0.717) is 6.61 Å². The van der Waals surface area contributed by atoms with Gasteiger partial charge in [-0.2, -0.15) is 0 Å². The van der Waals surface area contributed by atoms with Crippen LogP contribution < -0.4 is 10.1 Å². The molecule has 1 aliphatic rings. The van der Waals surface area contributed by atoms with E-state index in [0.717, 1.165) is 36.3 Å². The Bertz CT molecular complexity index is 884. The van der Waals surface area contributed by atoms with Gasteiger partial charge in [0.2, 0.25) is 0 Å². The summed E-state index contributed by atoms with van der Waals surface area (Å²) in [6.07, 6.45) is 7.88. The first-order valence-electron chi connectivity index (χ1n) is 9.24. The van der Waals surface area contributed by atoms with Crippen molar-refractivity contribution >= 4 is 23.6 Å². The van der Waals surface area contributed by atoms with E-state index in [2.05, 4.69) is 11.9 Å². The van der Waals surface area contributed by atoms with Gasteiger partial charge in [-0.25, -0.2) is 4.79 Å². The molecular formula is C23H23NO4. The second-order valence-corrected chi connectivity index (χ2v) is 6.49. The maximum Gasteiger partial charge on any atom is 0.331 e. The van der Waals surface area contributed by atoms with E-state index in [1.165, 1.54) is 17.2 Å². The number of ether oxygens (including phenoxy) is 2. The summed E-state index contributed by atoms with van der Waals surface area (Å²) in [6.45, 7) is 3.71. The molecule has 5 nitrogen and oxygen atoms in total. The van der Waals surface area contributed by atoms with Crippen LogP contribution in [0.5, 0.6) is 5.75 Å². The molecule has 2 aromatic rings. The number of nitrogens with one attached hydrogen (secondary N) is 1. The standard InChI is InChI=1S/C23H23NO4/c1-2-14-27-21-11-6-17(7-12-21)8-13-23(26)28-16-22(25)24-20-10-9-18-4-3-5-19(18)15-20/h2,6-13,15H,1,3-5,14,16H2,(H,24,25)/b13-8+. The molecule has 2 aromatic carbocycles. The predicted octanol–water partition coefficient (Wildman–Crippen LogP) is 3.94. The molecule has 0 saturated heterocycles. The summed E-state index contributed by atoms with van der Waals surface area (Å²) in [5.41, 5.74) is 4.18. The van der Waals surface area contributed by atoms with Gasteiger partial charge in [-0.3, -0.25) is 4.79 Å². The zero-order chi connectivity index (χ0) is 19.8. The summed E-state index contributed by atoms with van der Waals surface area (Å²) >= 11 is 0. The first-order valence-corrected chi connectivity index (χ1v) is 9.24. The van der Waals surface area contributed by atoms with Crippen LogP contribution in [0.2, 0.25) is 0 Å². The zero-order valence-electron chi connectivity index (χ0n) is 15.6. The molecule has 0 aliphatic heterocycles. The maximum atomic E-state index is 12.0. The fraction of sp³-hybridized carbons (Fsp3) is 0.217. The van der Waals surface area contributed by atoms with Gasteiger partial charge in [0.15, 0.2) is 6.61 Å². The molecule has 0 heterocycles. The minimum Gasteiger partial charge on any atom is -0.490 e. The number of hydrogen-bond donors (Lipinski definition) is 1. The van der Waals surface area contributed by atoms with Crippen molar-refractivity contribution < 1.29 is 19.1 Å². The van der Waals surface area contributed by atoms with E-state index in [4.69, 9.17) is 9.47 Å². The molecule has 0 spiro atoms. The van der Waals surface area contributed by atoms with Crippen LogP contribution in [-0.4, -0.2) is 25.1 Å². The second-order valence-electron chi connectivity index (χ2n) is 6.49. The molecule has 0 fully saturated rings. The van der Waals surface area contributed by atoms with Crippen LogP contribution in [0.15, 0.2) is 61.2 Å². The number of aryl methyl sites for hydroxylation is 2. The van der Waals surface area contributed by atoms with Crippen molar-refractivity contribution in [2.24, 2.45) is 0 Å². The number of anilines is 1. The van der Waals surface area contributed by atoms with Crippen molar-refractivity contribution in [2.45, 2.75) is 19.3 Å². The Hall–Kier alpha value is -3.34. The lowest BCUT2D eigenvalue weighted by Gasteiger charge is -2.07. The topological polar surface area (TPSA) is 64.6 Å². The van der Waals surface area contributed by atoms with Crippen molar-refractivity contribution in [3.05, 3.63) is 77.9 Å². The van der Waals surface area contributed by atoms with Gasteiger partial charge in [-0.15, -0.1) is 0 Å². The van der Waals surface area contributed by atoms with E-state index < -0.39 is 5.97 Å². The quantitative estimate of drug-likeness (QED) is 0.430. The van der Waals surface area contributed by atoms with Crippen molar-refractivity contribution in [1.82, 2.24) is 0 Å². The van der Waals surface area contributed by atoms with Gasteiger partial charge in [-0.05, 0) is 66.3 Å². The molecule has 0 atom stereocenters. The van der Waals surface area contributed by atoms with Crippen molar-refractivity contribution in [3.63, 3.8) is 0 Å². The molecule has 28 heavy (non-hydrogen) atoms. The summed E-state index contributed by atoms with van der Waals surface area (Å²) in [7, 11) is 0. The normalized spacial score (nSPS) is 12.4. The van der Waals surface area contributed by atoms with Gasteiger partial charge in [0, 0.05) is 11.8 Å². The van der Waals surface area contributed by atoms with Gasteiger partial charge < -0.3 is 14.8 Å². The highest BCUT2D eigenvalue weighted by Gasteiger charge is 2.12. The van der Waals surface area contributed by atoms with E-state index in [-0.39, 0.29) is 12.5 Å². The van der Waals surface area contributed by atoms with Crippen molar-refractivity contribution in [1.29, 1.82) is 0 Å². The number of benzene rings is 2. The van der Waals surface area contributed by atoms with Crippen molar-refractivity contribution in [3.8, 4) is 5.75 Å². The number of amides is 1. The molecule has 1 amide bonds. The van der Waals surface area contributed by atoms with Crippen LogP contribution in [-0.2, 0) is 27.2 Å². The third-order valence-corrected chi connectivity index (χ3v) is 4.39. The highest BCUT2D eigenvalue weighted by molar-refractivity contribution is 5.94. The fourth-order valence-electron chi connectivity index (χ4n) is 3.03. The smallest absolute Gasteiger partial charge is 0.331 e. The molecule has 144 valence electrons. The van der Waals surface area contributed by atoms with Crippen LogP contribution >= 0.6 is 0 Å². The van der Waals surface area contributed by atoms with E-state index in [1.54, 1.807) is 24.3 Å². The van der Waals surface area contributed by atoms with Gasteiger partial charge in [0.05, 0.1) is 0 Å². The van der Waals surface area contributed by atoms with Crippen LogP contribution in [0, 0.1) is 0 Å². The average Bonchev–Trinajstić information content (AvgIpc) is 3.18. The molecule has 0 aromatic heterocycles. The van der Waals surface area contributed by atoms with E-state index in [9.17, 15) is 9.59 Å². The average molecular weight is 377 g/mol. The lowest BCUT2D eigenvalue weighted by molar-refractivity contribution is -0.142. The lowest BCUT2D eigenvalue weighted by atomic mass is 10.1. The molecule has 1 aliphatic carbocycles. The molecular weight excluding hydrogens is 354 g/mol. The largest absolute Gasteiger partial charge is 0.490 e. The first-order chi connectivity index (χ1) is 13.6. The molecule has 5 heteroatoms. The zero-order valence-corrected chi connectivity index (χ0v) is 15.6. The first kappa shape index (κ1) is 19.4. The Morgan fingerprint density at radius 1 is 1.07 bits per heavy atom. The summed E-state index contributed by atoms with van der Waals surface area (Å²) in [5, 5.41) is 2.76. The summed E-state index contributed by atoms with van der Waals surface area (Å²) in [6, 6.07) is 13.2. The molecule has 1 N–H and O–H groups in total. The Balaban J connectivity index is 1.43. The number of fused-ring (bicyclic) bond motifs is 1. The van der Waals surface area contributed by atoms with Crippen LogP contribution in [0.3, 0.4) is 0 Å². The van der Waals surface area contributed by atoms with Crippen LogP contribution in [0.1, 0.15) is 23.1 Å². The highest BCUT2D eigenvalue weighted by atomic mass is 16.5. The number of carbonyl (C=O) groups is 2. The lowest BCUT2D eigenvalue weighted by Crippen LogP contribution is -2.20. The van der Waals surface area contributed by atoms with Gasteiger partial charge in [-0.1, -0.05) is 30.9 Å². The van der Waals surface area contributed by atoms with Gasteiger partial charge >= 0.3 is 5.97 Å². The second kappa shape index (κ2) is 9.55. The maximum absolute atomic E-state index is 12.0. The Morgan fingerprint density at radius 2 is 1.86 bits per heavy atom. The molecule has 3 rings (SSSR count). The Labute approximate surface area is 164 Å². The SMILES string of the molecule is C=CCOc1ccc(/C=C/C(=O)OCC(=O)Nc2ccc3c(c2)CCC3)cc1. The predicted molar refractivity (Wildman–Crippen MR) is 109 cm³/mol. The van der Waals surface area contributed by atoms with E-state index >= 15 is 0 Å². The number of rotatable bonds is 8. The monoisotopic (exact) mass is 377 g/mol. The number of carbonyl (C=O) groups excluding carboxylic acids is 2. The minimum absolute atomic E-state index is 0.325. The molecule has 0 saturated carbocycles. The van der Waals surface area contributed by atoms with Crippen molar-refractivity contribution in [2.75, 3.05) is 18.5 Å².